The van der Waals surface area contributed by atoms with Gasteiger partial charge in [0.15, 0.2) is 6.29 Å². The number of anilines is 1. The van der Waals surface area contributed by atoms with Crippen molar-refractivity contribution in [3.63, 3.8) is 0 Å². The van der Waals surface area contributed by atoms with Crippen LogP contribution in [0.5, 0.6) is 0 Å². The van der Waals surface area contributed by atoms with Gasteiger partial charge in [0.1, 0.15) is 6.29 Å². The van der Waals surface area contributed by atoms with E-state index >= 15 is 0 Å². The van der Waals surface area contributed by atoms with Crippen molar-refractivity contribution in [3.8, 4) is 0 Å². The van der Waals surface area contributed by atoms with Crippen molar-refractivity contribution in [2.45, 2.75) is 25.9 Å². The van der Waals surface area contributed by atoms with Gasteiger partial charge in [0.2, 0.25) is 5.56 Å². The van der Waals surface area contributed by atoms with Gasteiger partial charge < -0.3 is 15.6 Å². The predicted octanol–water partition coefficient (Wildman–Crippen LogP) is 4.88. The maximum absolute atomic E-state index is 11.8. The van der Waals surface area contributed by atoms with E-state index in [9.17, 15) is 27.6 Å². The normalized spacial score (nSPS) is 12.1. The fraction of sp³-hybridized carbons (Fsp3) is 0.269. The third kappa shape index (κ3) is 10.4. The first-order valence-electron chi connectivity index (χ1n) is 10.9. The summed E-state index contributed by atoms with van der Waals surface area (Å²) in [5.41, 5.74) is 6.91. The van der Waals surface area contributed by atoms with E-state index in [0.717, 1.165) is 60.2 Å². The van der Waals surface area contributed by atoms with Crippen molar-refractivity contribution < 1.29 is 22.8 Å². The lowest BCUT2D eigenvalue weighted by Crippen LogP contribution is -2.19. The molecule has 3 N–H and O–H groups in total. The van der Waals surface area contributed by atoms with Crippen molar-refractivity contribution in [2.24, 2.45) is 5.73 Å². The molecular weight excluding hydrogens is 459 g/mol. The molecule has 6 nitrogen and oxygen atoms in total. The Kier molecular flexibility index (Phi) is 12.8. The molecule has 188 valence electrons. The molecule has 0 saturated carbocycles. The molecule has 1 saturated heterocycles. The Morgan fingerprint density at radius 2 is 1.54 bits per heavy atom. The molecule has 2 heterocycles. The van der Waals surface area contributed by atoms with E-state index < -0.39 is 17.3 Å². The van der Waals surface area contributed by atoms with Crippen molar-refractivity contribution in [1.82, 2.24) is 4.98 Å². The third-order valence-electron chi connectivity index (χ3n) is 4.80. The fourth-order valence-corrected chi connectivity index (χ4v) is 3.13. The maximum atomic E-state index is 11.8. The minimum absolute atomic E-state index is 0.544. The number of nitrogens with one attached hydrogen (secondary N) is 1. The second kappa shape index (κ2) is 15.2. The highest BCUT2D eigenvalue weighted by Crippen LogP contribution is 2.27. The van der Waals surface area contributed by atoms with Gasteiger partial charge in [-0.1, -0.05) is 42.0 Å². The van der Waals surface area contributed by atoms with Crippen LogP contribution in [0.2, 0.25) is 0 Å². The minimum atomic E-state index is -4.38. The number of halogens is 3. The topological polar surface area (TPSA) is 96.3 Å². The molecule has 1 fully saturated rings. The van der Waals surface area contributed by atoms with Crippen LogP contribution in [-0.2, 0) is 6.18 Å². The van der Waals surface area contributed by atoms with Gasteiger partial charge >= 0.3 is 6.18 Å². The van der Waals surface area contributed by atoms with Crippen LogP contribution in [0.25, 0.3) is 0 Å². The Labute approximate surface area is 202 Å². The standard InChI is InChI=1S/C12H15NO.C7H6O.C6H4F3NO.CH5N/c1-10-4-5-12(11(8-10)9-14)13-6-2-3-7-13;8-6-7-4-2-1-3-5-7;7-6(8,9)4-1-2-5(11)10-3-4;1-2/h4-5,8-9H,2-3,6-7H2,1H3;1-6H;1-3H,(H,10,11);2H2,1H3. The molecular formula is C26H30F3N3O3. The summed E-state index contributed by atoms with van der Waals surface area (Å²) in [5, 5.41) is 0. The van der Waals surface area contributed by atoms with Gasteiger partial charge in [0, 0.05) is 42.2 Å². The number of aldehydes is 2. The molecule has 0 unspecified atom stereocenters. The summed E-state index contributed by atoms with van der Waals surface area (Å²) in [7, 11) is 1.50. The number of H-pyrrole nitrogens is 1. The molecule has 0 spiro atoms. The zero-order chi connectivity index (χ0) is 26.3. The van der Waals surface area contributed by atoms with Crippen molar-refractivity contribution in [2.75, 3.05) is 25.0 Å². The summed E-state index contributed by atoms with van der Waals surface area (Å²) in [6.07, 6.45) is 0.533. The van der Waals surface area contributed by atoms with Crippen LogP contribution in [0.4, 0.5) is 18.9 Å². The van der Waals surface area contributed by atoms with E-state index in [1.54, 1.807) is 12.1 Å². The van der Waals surface area contributed by atoms with Crippen LogP contribution < -0.4 is 16.2 Å². The third-order valence-corrected chi connectivity index (χ3v) is 4.80. The molecule has 9 heteroatoms. The number of carbonyl (C=O) groups excluding carboxylic acids is 2. The molecule has 0 atom stereocenters. The van der Waals surface area contributed by atoms with E-state index in [0.29, 0.717) is 6.20 Å². The Morgan fingerprint density at radius 1 is 0.914 bits per heavy atom. The molecule has 0 radical (unpaired) electrons. The second-order valence-electron chi connectivity index (χ2n) is 7.34. The summed E-state index contributed by atoms with van der Waals surface area (Å²) in [4.78, 5) is 35.5. The average molecular weight is 490 g/mol. The minimum Gasteiger partial charge on any atom is -0.371 e. The first-order chi connectivity index (χ1) is 16.7. The number of nitrogens with zero attached hydrogens (tertiary/aromatic N) is 1. The smallest absolute Gasteiger partial charge is 0.371 e. The van der Waals surface area contributed by atoms with Crippen LogP contribution in [0, 0.1) is 6.92 Å². The highest BCUT2D eigenvalue weighted by molar-refractivity contribution is 5.85. The van der Waals surface area contributed by atoms with E-state index in [2.05, 4.69) is 22.8 Å². The number of aryl methyl sites for hydroxylation is 1. The Hall–Kier alpha value is -3.72. The SMILES string of the molecule is CN.Cc1ccc(N2CCCC2)c(C=O)c1.O=Cc1ccccc1.O=c1ccc(C(F)(F)F)c[nH]1. The number of nitrogens with two attached hydrogens (primary N) is 1. The summed E-state index contributed by atoms with van der Waals surface area (Å²) in [6, 6.07) is 16.8. The van der Waals surface area contributed by atoms with E-state index in [-0.39, 0.29) is 0 Å². The van der Waals surface area contributed by atoms with Gasteiger partial charge in [-0.3, -0.25) is 14.4 Å². The van der Waals surface area contributed by atoms with Crippen LogP contribution in [0.1, 0.15) is 44.7 Å². The van der Waals surface area contributed by atoms with Crippen LogP contribution >= 0.6 is 0 Å². The van der Waals surface area contributed by atoms with E-state index in [1.165, 1.54) is 19.9 Å². The largest absolute Gasteiger partial charge is 0.417 e. The number of carbonyl (C=O) groups is 2. The summed E-state index contributed by atoms with van der Waals surface area (Å²) in [6.45, 7) is 4.19. The highest BCUT2D eigenvalue weighted by Gasteiger charge is 2.30. The van der Waals surface area contributed by atoms with Gasteiger partial charge in [-0.15, -0.1) is 0 Å². The number of pyridine rings is 1. The number of benzene rings is 2. The lowest BCUT2D eigenvalue weighted by Gasteiger charge is -2.19. The first-order valence-corrected chi connectivity index (χ1v) is 10.9. The number of hydrogen-bond acceptors (Lipinski definition) is 5. The number of aromatic nitrogens is 1. The zero-order valence-corrected chi connectivity index (χ0v) is 19.7. The number of alkyl halides is 3. The Morgan fingerprint density at radius 3 is 2.00 bits per heavy atom. The Balaban J connectivity index is 0.000000262. The average Bonchev–Trinajstić information content (AvgIpc) is 3.41. The molecule has 1 aliphatic rings. The van der Waals surface area contributed by atoms with Gasteiger partial charge in [-0.05, 0) is 45.0 Å². The molecule has 0 amide bonds. The van der Waals surface area contributed by atoms with Crippen LogP contribution in [0.15, 0.2) is 71.7 Å². The summed E-state index contributed by atoms with van der Waals surface area (Å²) < 4.78 is 35.4. The zero-order valence-electron chi connectivity index (χ0n) is 19.7. The predicted molar refractivity (Wildman–Crippen MR) is 132 cm³/mol. The number of aromatic amines is 1. The molecule has 1 aromatic heterocycles. The fourth-order valence-electron chi connectivity index (χ4n) is 3.13. The molecule has 3 aromatic rings. The lowest BCUT2D eigenvalue weighted by molar-refractivity contribution is -0.137. The van der Waals surface area contributed by atoms with Gasteiger partial charge in [-0.25, -0.2) is 0 Å². The van der Waals surface area contributed by atoms with E-state index in [4.69, 9.17) is 0 Å². The van der Waals surface area contributed by atoms with Crippen molar-refractivity contribution in [1.29, 1.82) is 0 Å². The van der Waals surface area contributed by atoms with E-state index in [1.807, 2.05) is 36.2 Å². The van der Waals surface area contributed by atoms with Crippen molar-refractivity contribution in [3.05, 3.63) is 99.5 Å². The molecule has 2 aromatic carbocycles. The monoisotopic (exact) mass is 489 g/mol. The molecule has 4 rings (SSSR count). The maximum Gasteiger partial charge on any atom is 0.417 e. The summed E-state index contributed by atoms with van der Waals surface area (Å²) in [5.74, 6) is 0. The lowest BCUT2D eigenvalue weighted by atomic mass is 10.1. The van der Waals surface area contributed by atoms with Gasteiger partial charge in [0.25, 0.3) is 0 Å². The van der Waals surface area contributed by atoms with Crippen LogP contribution in [-0.4, -0.2) is 37.7 Å². The number of hydrogen-bond donors (Lipinski definition) is 2. The molecule has 1 aliphatic heterocycles. The van der Waals surface area contributed by atoms with Gasteiger partial charge in [0.05, 0.1) is 5.56 Å². The molecule has 35 heavy (non-hydrogen) atoms. The quantitative estimate of drug-likeness (QED) is 0.512. The van der Waals surface area contributed by atoms with Gasteiger partial charge in [-0.2, -0.15) is 13.2 Å². The molecule has 0 aliphatic carbocycles. The second-order valence-corrected chi connectivity index (χ2v) is 7.34. The first kappa shape index (κ1) is 29.3. The summed E-state index contributed by atoms with van der Waals surface area (Å²) >= 11 is 0. The van der Waals surface area contributed by atoms with Crippen molar-refractivity contribution >= 4 is 18.3 Å². The molecule has 0 bridgehead atoms. The Bertz CT molecular complexity index is 1070. The highest BCUT2D eigenvalue weighted by atomic mass is 19.4. The number of rotatable bonds is 3. The van der Waals surface area contributed by atoms with Crippen LogP contribution in [0.3, 0.4) is 0 Å².